The molecule has 1 aromatic carbocycles. The van der Waals surface area contributed by atoms with Gasteiger partial charge in [-0.3, -0.25) is 14.4 Å². The average Bonchev–Trinajstić information content (AvgIpc) is 3.91. The molecule has 3 aliphatic rings. The first kappa shape index (κ1) is 41.3. The quantitative estimate of drug-likeness (QED) is 0.226. The minimum atomic E-state index is -4.46. The summed E-state index contributed by atoms with van der Waals surface area (Å²) in [5.41, 5.74) is -3.35. The van der Waals surface area contributed by atoms with Crippen LogP contribution < -0.4 is 30.1 Å². The molecule has 2 aliphatic carbocycles. The number of aromatic nitrogens is 1. The van der Waals surface area contributed by atoms with Gasteiger partial charge in [0.25, 0.3) is 5.91 Å². The van der Waals surface area contributed by atoms with Crippen LogP contribution in [0.2, 0.25) is 5.02 Å². The molecule has 2 heterocycles. The fourth-order valence-corrected chi connectivity index (χ4v) is 8.08. The van der Waals surface area contributed by atoms with Gasteiger partial charge in [0, 0.05) is 23.4 Å². The van der Waals surface area contributed by atoms with Crippen molar-refractivity contribution in [1.29, 1.82) is 0 Å². The van der Waals surface area contributed by atoms with Gasteiger partial charge in [0.15, 0.2) is 0 Å². The van der Waals surface area contributed by atoms with E-state index in [1.165, 1.54) is 4.90 Å². The SMILES string of the molecule is CCOc1cc(O[C@@H]2CC(C(=O)N[C@]3(C(=O)NS(=O)(=O)OC4(C)CC4)CC3CC)N(C(=O)C(NC(=O)NC(C)(C)C)C(C)(C)C)C2)c2cccc(Cl)c2n1. The lowest BCUT2D eigenvalue weighted by Crippen LogP contribution is -2.61. The molecule has 0 spiro atoms. The average molecular weight is 793 g/mol. The number of ether oxygens (including phenoxy) is 2. The molecule has 5 amide bonds. The summed E-state index contributed by atoms with van der Waals surface area (Å²) < 4.78 is 45.0. The lowest BCUT2D eigenvalue weighted by Gasteiger charge is -2.36. The number of pyridine rings is 1. The molecular formula is C37H53ClN6O9S. The Bertz CT molecular complexity index is 1910. The Morgan fingerprint density at radius 2 is 1.78 bits per heavy atom. The Morgan fingerprint density at radius 1 is 1.09 bits per heavy atom. The van der Waals surface area contributed by atoms with Crippen molar-refractivity contribution in [3.63, 3.8) is 0 Å². The van der Waals surface area contributed by atoms with E-state index in [0.717, 1.165) is 0 Å². The zero-order valence-electron chi connectivity index (χ0n) is 32.4. The fourth-order valence-electron chi connectivity index (χ4n) is 6.72. The smallest absolute Gasteiger partial charge is 0.362 e. The Hall–Kier alpha value is -3.89. The summed E-state index contributed by atoms with van der Waals surface area (Å²) in [4.78, 5) is 61.6. The van der Waals surface area contributed by atoms with Gasteiger partial charge in [0.2, 0.25) is 17.7 Å². The third kappa shape index (κ3) is 9.48. The van der Waals surface area contributed by atoms with Crippen LogP contribution >= 0.6 is 11.6 Å². The van der Waals surface area contributed by atoms with Crippen LogP contribution in [0, 0.1) is 11.3 Å². The second-order valence-electron chi connectivity index (χ2n) is 16.8. The Morgan fingerprint density at radius 3 is 2.35 bits per heavy atom. The number of likely N-dealkylation sites (tertiary alicyclic amines) is 1. The van der Waals surface area contributed by atoms with Crippen LogP contribution in [-0.4, -0.2) is 90.1 Å². The summed E-state index contributed by atoms with van der Waals surface area (Å²) in [7, 11) is -4.46. The number of benzene rings is 1. The third-order valence-electron chi connectivity index (χ3n) is 9.87. The van der Waals surface area contributed by atoms with Gasteiger partial charge in [0.05, 0.1) is 29.3 Å². The van der Waals surface area contributed by atoms with Crippen molar-refractivity contribution in [2.24, 2.45) is 11.3 Å². The number of halogens is 1. The third-order valence-corrected chi connectivity index (χ3v) is 11.2. The number of rotatable bonds is 13. The first-order valence-corrected chi connectivity index (χ1v) is 20.2. The summed E-state index contributed by atoms with van der Waals surface area (Å²) in [5.74, 6) is -1.83. The van der Waals surface area contributed by atoms with Gasteiger partial charge in [0.1, 0.15) is 29.5 Å². The molecule has 1 aliphatic heterocycles. The summed E-state index contributed by atoms with van der Waals surface area (Å²) in [5, 5.41) is 9.43. The lowest BCUT2D eigenvalue weighted by molar-refractivity contribution is -0.142. The highest BCUT2D eigenvalue weighted by Crippen LogP contribution is 2.47. The normalized spacial score (nSPS) is 24.0. The van der Waals surface area contributed by atoms with Gasteiger partial charge in [-0.25, -0.2) is 18.7 Å². The molecule has 54 heavy (non-hydrogen) atoms. The number of nitrogens with one attached hydrogen (secondary N) is 4. The fraction of sp³-hybridized carbons (Fsp3) is 0.649. The van der Waals surface area contributed by atoms with Gasteiger partial charge >= 0.3 is 16.3 Å². The Labute approximate surface area is 322 Å². The van der Waals surface area contributed by atoms with E-state index in [0.29, 0.717) is 47.5 Å². The molecule has 4 N–H and O–H groups in total. The van der Waals surface area contributed by atoms with Crippen molar-refractivity contribution in [3.05, 3.63) is 29.3 Å². The van der Waals surface area contributed by atoms with Crippen molar-refractivity contribution in [2.45, 2.75) is 129 Å². The van der Waals surface area contributed by atoms with E-state index in [9.17, 15) is 27.6 Å². The maximum Gasteiger partial charge on any atom is 0.362 e. The number of urea groups is 1. The molecule has 15 nitrogen and oxygen atoms in total. The van der Waals surface area contributed by atoms with E-state index in [1.807, 2.05) is 39.3 Å². The molecule has 2 aromatic rings. The number of para-hydroxylation sites is 1. The summed E-state index contributed by atoms with van der Waals surface area (Å²) in [6, 6.07) is 4.06. The van der Waals surface area contributed by atoms with Gasteiger partial charge < -0.3 is 30.3 Å². The zero-order valence-corrected chi connectivity index (χ0v) is 34.0. The van der Waals surface area contributed by atoms with Crippen molar-refractivity contribution in [3.8, 4) is 11.6 Å². The van der Waals surface area contributed by atoms with E-state index < -0.39 is 74.3 Å². The highest BCUT2D eigenvalue weighted by atomic mass is 35.5. The molecule has 0 radical (unpaired) electrons. The number of amides is 5. The van der Waals surface area contributed by atoms with Gasteiger partial charge in [-0.2, -0.15) is 8.42 Å². The van der Waals surface area contributed by atoms with Gasteiger partial charge in [-0.15, -0.1) is 0 Å². The van der Waals surface area contributed by atoms with Crippen LogP contribution in [0.25, 0.3) is 10.9 Å². The summed E-state index contributed by atoms with van der Waals surface area (Å²) in [6.07, 6.45) is 1.00. The Kier molecular flexibility index (Phi) is 11.5. The van der Waals surface area contributed by atoms with E-state index in [1.54, 1.807) is 52.0 Å². The minimum absolute atomic E-state index is 0.00519. The van der Waals surface area contributed by atoms with Gasteiger partial charge in [-0.1, -0.05) is 51.8 Å². The van der Waals surface area contributed by atoms with E-state index >= 15 is 0 Å². The van der Waals surface area contributed by atoms with Crippen molar-refractivity contribution < 1.29 is 41.3 Å². The summed E-state index contributed by atoms with van der Waals surface area (Å²) >= 11 is 6.50. The van der Waals surface area contributed by atoms with Crippen LogP contribution in [0.5, 0.6) is 11.6 Å². The van der Waals surface area contributed by atoms with Crippen molar-refractivity contribution in [1.82, 2.24) is 30.6 Å². The number of carbonyl (C=O) groups excluding carboxylic acids is 4. The van der Waals surface area contributed by atoms with Crippen molar-refractivity contribution >= 4 is 56.6 Å². The lowest BCUT2D eigenvalue weighted by atomic mass is 9.85. The maximum atomic E-state index is 14.6. The molecular weight excluding hydrogens is 740 g/mol. The molecule has 5 rings (SSSR count). The minimum Gasteiger partial charge on any atom is -0.488 e. The first-order chi connectivity index (χ1) is 25.0. The second kappa shape index (κ2) is 15.0. The molecule has 1 aromatic heterocycles. The molecule has 298 valence electrons. The standard InChI is InChI=1S/C37H53ClN6O9S/c1-10-21-19-37(21,32(47)43-54(49,50)53-36(9)15-16-36)41-30(45)25-17-22(52-26-18-27(51-11-2)39-28-23(26)13-12-14-24(28)38)20-44(25)31(46)29(34(3,4)5)40-33(48)42-35(6,7)8/h12-14,18,21-22,25,29H,10-11,15-17,19-20H2,1-9H3,(H,41,45)(H,43,47)(H2,40,42,48)/t21?,22-,25?,29?,37-/m1/s1. The van der Waals surface area contributed by atoms with Crippen LogP contribution in [0.3, 0.4) is 0 Å². The molecule has 1 saturated heterocycles. The number of nitrogens with zero attached hydrogens (tertiary/aromatic N) is 2. The predicted octanol–water partition coefficient (Wildman–Crippen LogP) is 4.36. The molecule has 3 unspecified atom stereocenters. The van der Waals surface area contributed by atoms with Crippen LogP contribution in [0.1, 0.15) is 94.4 Å². The Balaban J connectivity index is 1.47. The summed E-state index contributed by atoms with van der Waals surface area (Å²) in [6.45, 7) is 16.4. The molecule has 17 heteroatoms. The van der Waals surface area contributed by atoms with E-state index in [2.05, 4.69) is 20.9 Å². The topological polar surface area (TPSA) is 194 Å². The number of hydrogen-bond donors (Lipinski definition) is 4. The van der Waals surface area contributed by atoms with Gasteiger partial charge in [-0.05, 0) is 77.3 Å². The van der Waals surface area contributed by atoms with Crippen LogP contribution in [0.4, 0.5) is 4.79 Å². The highest BCUT2D eigenvalue weighted by Gasteiger charge is 2.62. The maximum absolute atomic E-state index is 14.6. The van der Waals surface area contributed by atoms with E-state index in [4.69, 9.17) is 25.3 Å². The predicted molar refractivity (Wildman–Crippen MR) is 202 cm³/mol. The zero-order chi connectivity index (χ0) is 40.0. The number of carbonyl (C=O) groups is 4. The van der Waals surface area contributed by atoms with E-state index in [-0.39, 0.29) is 31.2 Å². The second-order valence-corrected chi connectivity index (χ2v) is 18.5. The molecule has 5 atom stereocenters. The molecule has 0 bridgehead atoms. The molecule has 3 fully saturated rings. The number of hydrogen-bond acceptors (Lipinski definition) is 10. The number of fused-ring (bicyclic) bond motifs is 1. The van der Waals surface area contributed by atoms with Crippen LogP contribution in [0.15, 0.2) is 24.3 Å². The largest absolute Gasteiger partial charge is 0.488 e. The van der Waals surface area contributed by atoms with Crippen LogP contribution in [-0.2, 0) is 28.9 Å². The highest BCUT2D eigenvalue weighted by molar-refractivity contribution is 7.85. The monoisotopic (exact) mass is 792 g/mol. The first-order valence-electron chi connectivity index (χ1n) is 18.4. The molecule has 2 saturated carbocycles. The van der Waals surface area contributed by atoms with Crippen molar-refractivity contribution in [2.75, 3.05) is 13.2 Å².